The molecule has 1 amide bonds. The maximum Gasteiger partial charge on any atom is 0.244 e. The van der Waals surface area contributed by atoms with Crippen LogP contribution in [0.2, 0.25) is 5.02 Å². The Labute approximate surface area is 188 Å². The SMILES string of the molecule is Cc1ccc(S(=O)(=O)CCC(=O)Nc2ccc(Cl)c(S(=O)(=O)N3CCCCC3)c2)cc1. The van der Waals surface area contributed by atoms with Crippen LogP contribution in [0.25, 0.3) is 0 Å². The normalized spacial score (nSPS) is 15.5. The highest BCUT2D eigenvalue weighted by Gasteiger charge is 2.28. The quantitative estimate of drug-likeness (QED) is 0.646. The molecule has 0 bridgehead atoms. The van der Waals surface area contributed by atoms with Crippen LogP contribution in [0.1, 0.15) is 31.2 Å². The summed E-state index contributed by atoms with van der Waals surface area (Å²) in [5, 5.41) is 2.65. The third-order valence-corrected chi connectivity index (χ3v) is 9.24. The summed E-state index contributed by atoms with van der Waals surface area (Å²) in [5.41, 5.74) is 1.19. The largest absolute Gasteiger partial charge is 0.326 e. The number of sulfone groups is 1. The van der Waals surface area contributed by atoms with E-state index < -0.39 is 25.8 Å². The minimum Gasteiger partial charge on any atom is -0.326 e. The first-order chi connectivity index (χ1) is 14.6. The number of hydrogen-bond acceptors (Lipinski definition) is 5. The van der Waals surface area contributed by atoms with Gasteiger partial charge in [0.15, 0.2) is 9.84 Å². The van der Waals surface area contributed by atoms with Gasteiger partial charge in [-0.25, -0.2) is 16.8 Å². The number of anilines is 1. The zero-order chi connectivity index (χ0) is 22.6. The van der Waals surface area contributed by atoms with Gasteiger partial charge in [-0.2, -0.15) is 4.31 Å². The molecule has 0 saturated carbocycles. The molecule has 1 saturated heterocycles. The molecule has 1 aliphatic rings. The first-order valence-electron chi connectivity index (χ1n) is 9.98. The van der Waals surface area contributed by atoms with E-state index in [1.54, 1.807) is 12.1 Å². The van der Waals surface area contributed by atoms with Crippen LogP contribution in [0.15, 0.2) is 52.3 Å². The molecule has 0 radical (unpaired) electrons. The van der Waals surface area contributed by atoms with Gasteiger partial charge in [0.1, 0.15) is 4.90 Å². The van der Waals surface area contributed by atoms with Crippen molar-refractivity contribution in [2.75, 3.05) is 24.2 Å². The lowest BCUT2D eigenvalue weighted by molar-refractivity contribution is -0.115. The monoisotopic (exact) mass is 484 g/mol. The highest BCUT2D eigenvalue weighted by atomic mass is 35.5. The smallest absolute Gasteiger partial charge is 0.244 e. The van der Waals surface area contributed by atoms with E-state index in [-0.39, 0.29) is 32.7 Å². The number of amides is 1. The standard InChI is InChI=1S/C21H25ClN2O5S2/c1-16-5-8-18(9-6-16)30(26,27)14-11-21(25)23-17-7-10-19(22)20(15-17)31(28,29)24-12-3-2-4-13-24/h5-10,15H,2-4,11-14H2,1H3,(H,23,25). The van der Waals surface area contributed by atoms with E-state index in [1.165, 1.54) is 34.6 Å². The molecular formula is C21H25ClN2O5S2. The fourth-order valence-electron chi connectivity index (χ4n) is 3.34. The highest BCUT2D eigenvalue weighted by Crippen LogP contribution is 2.29. The average molecular weight is 485 g/mol. The third kappa shape index (κ3) is 5.85. The first kappa shape index (κ1) is 23.7. The Morgan fingerprint density at radius 2 is 1.65 bits per heavy atom. The molecule has 0 atom stereocenters. The topological polar surface area (TPSA) is 101 Å². The van der Waals surface area contributed by atoms with Crippen molar-refractivity contribution in [2.45, 2.75) is 42.4 Å². The molecule has 1 heterocycles. The van der Waals surface area contributed by atoms with Crippen molar-refractivity contribution in [2.24, 2.45) is 0 Å². The second-order valence-electron chi connectivity index (χ2n) is 7.54. The number of nitrogens with zero attached hydrogens (tertiary/aromatic N) is 1. The predicted octanol–water partition coefficient (Wildman–Crippen LogP) is 3.63. The lowest BCUT2D eigenvalue weighted by Gasteiger charge is -2.26. The van der Waals surface area contributed by atoms with E-state index >= 15 is 0 Å². The minimum absolute atomic E-state index is 0.0684. The molecule has 0 spiro atoms. The summed E-state index contributed by atoms with van der Waals surface area (Å²) in [7, 11) is -7.37. The summed E-state index contributed by atoms with van der Waals surface area (Å²) in [4.78, 5) is 12.4. The van der Waals surface area contributed by atoms with Gasteiger partial charge in [-0.1, -0.05) is 35.7 Å². The Balaban J connectivity index is 1.69. The fraction of sp³-hybridized carbons (Fsp3) is 0.381. The van der Waals surface area contributed by atoms with E-state index in [2.05, 4.69) is 5.32 Å². The summed E-state index contributed by atoms with van der Waals surface area (Å²) < 4.78 is 52.1. The predicted molar refractivity (Wildman–Crippen MR) is 121 cm³/mol. The molecule has 1 aliphatic heterocycles. The molecule has 1 fully saturated rings. The van der Waals surface area contributed by atoms with Gasteiger partial charge in [0.2, 0.25) is 15.9 Å². The number of aryl methyl sites for hydroxylation is 1. The number of sulfonamides is 1. The minimum atomic E-state index is -3.77. The van der Waals surface area contributed by atoms with Gasteiger partial charge in [0.25, 0.3) is 0 Å². The molecule has 0 unspecified atom stereocenters. The van der Waals surface area contributed by atoms with Crippen molar-refractivity contribution in [3.8, 4) is 0 Å². The van der Waals surface area contributed by atoms with Crippen molar-refractivity contribution in [1.82, 2.24) is 4.31 Å². The van der Waals surface area contributed by atoms with Gasteiger partial charge in [-0.3, -0.25) is 4.79 Å². The van der Waals surface area contributed by atoms with Crippen molar-refractivity contribution in [1.29, 1.82) is 0 Å². The number of carbonyl (C=O) groups excluding carboxylic acids is 1. The number of hydrogen-bond donors (Lipinski definition) is 1. The molecule has 1 N–H and O–H groups in total. The molecular weight excluding hydrogens is 460 g/mol. The number of halogens is 1. The molecule has 168 valence electrons. The molecule has 3 rings (SSSR count). The lowest BCUT2D eigenvalue weighted by atomic mass is 10.2. The fourth-order valence-corrected chi connectivity index (χ4v) is 6.60. The van der Waals surface area contributed by atoms with Crippen LogP contribution >= 0.6 is 11.6 Å². The van der Waals surface area contributed by atoms with Crippen LogP contribution in [0, 0.1) is 6.92 Å². The van der Waals surface area contributed by atoms with E-state index in [4.69, 9.17) is 11.6 Å². The Morgan fingerprint density at radius 3 is 2.29 bits per heavy atom. The van der Waals surface area contributed by atoms with Crippen molar-refractivity contribution < 1.29 is 21.6 Å². The summed E-state index contributed by atoms with van der Waals surface area (Å²) in [5.74, 6) is -0.881. The Bertz CT molecular complexity index is 1160. The summed E-state index contributed by atoms with van der Waals surface area (Å²) in [6.07, 6.45) is 2.32. The van der Waals surface area contributed by atoms with E-state index in [1.807, 2.05) is 6.92 Å². The summed E-state index contributed by atoms with van der Waals surface area (Å²) >= 11 is 6.14. The van der Waals surface area contributed by atoms with Crippen molar-refractivity contribution in [3.63, 3.8) is 0 Å². The molecule has 31 heavy (non-hydrogen) atoms. The molecule has 7 nitrogen and oxygen atoms in total. The Hall–Kier alpha value is -1.94. The van der Waals surface area contributed by atoms with Crippen LogP contribution in [0.4, 0.5) is 5.69 Å². The van der Waals surface area contributed by atoms with E-state index in [9.17, 15) is 21.6 Å². The number of nitrogens with one attached hydrogen (secondary N) is 1. The highest BCUT2D eigenvalue weighted by molar-refractivity contribution is 7.91. The summed E-state index contributed by atoms with van der Waals surface area (Å²) in [6.45, 7) is 2.73. The average Bonchev–Trinajstić information content (AvgIpc) is 2.74. The van der Waals surface area contributed by atoms with Gasteiger partial charge in [-0.15, -0.1) is 0 Å². The number of piperidine rings is 1. The first-order valence-corrected chi connectivity index (χ1v) is 13.5. The molecule has 2 aromatic carbocycles. The van der Waals surface area contributed by atoms with Gasteiger partial charge >= 0.3 is 0 Å². The van der Waals surface area contributed by atoms with Gasteiger partial charge < -0.3 is 5.32 Å². The van der Waals surface area contributed by atoms with E-state index in [0.29, 0.717) is 13.1 Å². The zero-order valence-electron chi connectivity index (χ0n) is 17.2. The van der Waals surface area contributed by atoms with Crippen LogP contribution in [-0.2, 0) is 24.7 Å². The summed E-state index contributed by atoms with van der Waals surface area (Å²) in [6, 6.07) is 10.6. The van der Waals surface area contributed by atoms with Gasteiger partial charge in [-0.05, 0) is 50.1 Å². The zero-order valence-corrected chi connectivity index (χ0v) is 19.6. The number of rotatable bonds is 7. The second kappa shape index (κ2) is 9.68. The van der Waals surface area contributed by atoms with Crippen molar-refractivity contribution in [3.05, 3.63) is 53.1 Å². The van der Waals surface area contributed by atoms with Crippen LogP contribution < -0.4 is 5.32 Å². The van der Waals surface area contributed by atoms with E-state index in [0.717, 1.165) is 24.8 Å². The van der Waals surface area contributed by atoms with Crippen LogP contribution in [0.5, 0.6) is 0 Å². The van der Waals surface area contributed by atoms with Crippen LogP contribution in [-0.4, -0.2) is 45.9 Å². The Morgan fingerprint density at radius 1 is 1.00 bits per heavy atom. The molecule has 2 aromatic rings. The maximum absolute atomic E-state index is 12.9. The number of benzene rings is 2. The molecule has 10 heteroatoms. The Kier molecular flexibility index (Phi) is 7.41. The third-order valence-electron chi connectivity index (χ3n) is 5.13. The van der Waals surface area contributed by atoms with Crippen molar-refractivity contribution >= 4 is 43.1 Å². The van der Waals surface area contributed by atoms with Crippen LogP contribution in [0.3, 0.4) is 0 Å². The number of carbonyl (C=O) groups is 1. The van der Waals surface area contributed by atoms with Gasteiger partial charge in [0, 0.05) is 25.2 Å². The molecule has 0 aliphatic carbocycles. The van der Waals surface area contributed by atoms with Gasteiger partial charge in [0.05, 0.1) is 15.7 Å². The molecule has 0 aromatic heterocycles. The maximum atomic E-state index is 12.9. The second-order valence-corrected chi connectivity index (χ2v) is 12.0. The lowest BCUT2D eigenvalue weighted by Crippen LogP contribution is -2.35.